The van der Waals surface area contributed by atoms with Crippen LogP contribution in [0.5, 0.6) is 0 Å². The van der Waals surface area contributed by atoms with Gasteiger partial charge in [0.25, 0.3) is 11.8 Å². The normalized spacial score (nSPS) is 29.1. The Morgan fingerprint density at radius 1 is 1.35 bits per heavy atom. The van der Waals surface area contributed by atoms with Gasteiger partial charge in [0.05, 0.1) is 12.0 Å². The lowest BCUT2D eigenvalue weighted by molar-refractivity contribution is -0.198. The largest absolute Gasteiger partial charge is 0.378 e. The molecule has 5 rings (SSSR count). The fourth-order valence-corrected chi connectivity index (χ4v) is 5.54. The summed E-state index contributed by atoms with van der Waals surface area (Å²) in [6, 6.07) is 4.35. The highest BCUT2D eigenvalue weighted by atomic mass is 35.5. The van der Waals surface area contributed by atoms with E-state index in [-0.39, 0.29) is 35.8 Å². The number of alkyl halides is 2. The van der Waals surface area contributed by atoms with Crippen molar-refractivity contribution in [2.45, 2.75) is 62.3 Å². The number of halogens is 3. The molecule has 3 heterocycles. The van der Waals surface area contributed by atoms with Crippen LogP contribution < -0.4 is 10.6 Å². The Hall–Kier alpha value is -2.77. The van der Waals surface area contributed by atoms with Crippen LogP contribution in [0.15, 0.2) is 24.3 Å². The first-order valence-electron chi connectivity index (χ1n) is 11.2. The second kappa shape index (κ2) is 9.47. The Labute approximate surface area is 200 Å². The summed E-state index contributed by atoms with van der Waals surface area (Å²) in [5, 5.41) is 25.6. The maximum atomic E-state index is 14.8. The number of aliphatic hydroxyl groups is 1. The SMILES string of the molecule is N#C[C@H](C[C@H]1CCNC1=O)NC(=O)[C@H]1[C@H]2CC[C@H](CC2(F)F)N1C(=O)[C@H](O)c1cccc(Cl)c1. The highest BCUT2D eigenvalue weighted by Crippen LogP contribution is 2.49. The molecule has 1 aromatic rings. The van der Waals surface area contributed by atoms with Crippen molar-refractivity contribution < 1.29 is 28.3 Å². The molecule has 3 amide bonds. The number of nitrogens with zero attached hydrogens (tertiary/aromatic N) is 2. The third kappa shape index (κ3) is 4.59. The molecule has 0 aromatic heterocycles. The first kappa shape index (κ1) is 24.4. The summed E-state index contributed by atoms with van der Waals surface area (Å²) in [4.78, 5) is 39.4. The van der Waals surface area contributed by atoms with E-state index in [1.165, 1.54) is 12.1 Å². The fourth-order valence-electron chi connectivity index (χ4n) is 5.34. The summed E-state index contributed by atoms with van der Waals surface area (Å²) >= 11 is 5.95. The summed E-state index contributed by atoms with van der Waals surface area (Å²) < 4.78 is 29.6. The molecule has 3 N–H and O–H groups in total. The first-order chi connectivity index (χ1) is 16.1. The van der Waals surface area contributed by atoms with E-state index >= 15 is 0 Å². The number of benzene rings is 1. The maximum Gasteiger partial charge on any atom is 0.256 e. The van der Waals surface area contributed by atoms with Gasteiger partial charge in [-0.3, -0.25) is 14.4 Å². The van der Waals surface area contributed by atoms with Gasteiger partial charge in [0, 0.05) is 29.9 Å². The molecule has 0 unspecified atom stereocenters. The minimum atomic E-state index is -3.17. The molecule has 0 radical (unpaired) electrons. The summed E-state index contributed by atoms with van der Waals surface area (Å²) in [7, 11) is 0. The predicted octanol–water partition coefficient (Wildman–Crippen LogP) is 1.92. The Bertz CT molecular complexity index is 1030. The van der Waals surface area contributed by atoms with E-state index in [9.17, 15) is 33.5 Å². The zero-order valence-electron chi connectivity index (χ0n) is 18.2. The van der Waals surface area contributed by atoms with Crippen LogP contribution in [0.2, 0.25) is 5.02 Å². The molecule has 4 fully saturated rings. The molecule has 1 aliphatic carbocycles. The predicted molar refractivity (Wildman–Crippen MR) is 116 cm³/mol. The van der Waals surface area contributed by atoms with Crippen LogP contribution in [0.4, 0.5) is 8.78 Å². The Kier molecular flexibility index (Phi) is 6.78. The van der Waals surface area contributed by atoms with Gasteiger partial charge in [0.15, 0.2) is 6.10 Å². The molecule has 8 nitrogen and oxygen atoms in total. The smallest absolute Gasteiger partial charge is 0.256 e. The third-order valence-electron chi connectivity index (χ3n) is 7.01. The third-order valence-corrected chi connectivity index (χ3v) is 7.25. The molecule has 34 heavy (non-hydrogen) atoms. The van der Waals surface area contributed by atoms with E-state index in [2.05, 4.69) is 10.6 Å². The van der Waals surface area contributed by atoms with Gasteiger partial charge in [-0.15, -0.1) is 0 Å². The topological polar surface area (TPSA) is 123 Å². The lowest BCUT2D eigenvalue weighted by Crippen LogP contribution is -2.69. The number of hydrogen-bond donors (Lipinski definition) is 3. The van der Waals surface area contributed by atoms with Crippen molar-refractivity contribution in [1.29, 1.82) is 5.26 Å². The molecule has 11 heteroatoms. The summed E-state index contributed by atoms with van der Waals surface area (Å²) in [6.45, 7) is 0.470. The number of amides is 3. The quantitative estimate of drug-likeness (QED) is 0.557. The molecular weight excluding hydrogens is 470 g/mol. The van der Waals surface area contributed by atoms with Crippen LogP contribution in [0.1, 0.15) is 43.8 Å². The summed E-state index contributed by atoms with van der Waals surface area (Å²) in [5.41, 5.74) is 0.187. The second-order valence-corrected chi connectivity index (χ2v) is 9.59. The molecule has 3 saturated heterocycles. The average molecular weight is 495 g/mol. The molecule has 0 spiro atoms. The molecular formula is C23H25ClF2N4O4. The Morgan fingerprint density at radius 3 is 2.74 bits per heavy atom. The van der Waals surface area contributed by atoms with Gasteiger partial charge in [-0.2, -0.15) is 5.26 Å². The van der Waals surface area contributed by atoms with Crippen molar-refractivity contribution in [1.82, 2.24) is 15.5 Å². The van der Waals surface area contributed by atoms with Crippen molar-refractivity contribution in [2.24, 2.45) is 11.8 Å². The molecule has 1 saturated carbocycles. The molecule has 1 aromatic carbocycles. The number of fused-ring (bicyclic) bond motifs is 3. The number of piperidine rings is 2. The molecule has 6 atom stereocenters. The highest BCUT2D eigenvalue weighted by molar-refractivity contribution is 6.30. The van der Waals surface area contributed by atoms with Gasteiger partial charge in [-0.1, -0.05) is 23.7 Å². The molecule has 2 bridgehead atoms. The summed E-state index contributed by atoms with van der Waals surface area (Å²) in [6.07, 6.45) is -1.41. The number of aliphatic hydroxyl groups excluding tert-OH is 1. The lowest BCUT2D eigenvalue weighted by atomic mass is 9.71. The average Bonchev–Trinajstić information content (AvgIpc) is 3.20. The monoisotopic (exact) mass is 494 g/mol. The standard InChI is InChI=1S/C23H25ClF2N4O4/c24-14-3-1-2-12(8-14)19(31)22(34)30-16-4-5-17(23(25,26)10-16)18(30)21(33)29-15(11-27)9-13-6-7-28-20(13)32/h1-3,8,13,15-19,31H,4-7,9-10H2,(H,28,32)(H,29,33)/t13-,15+,16-,17-,18-,19-/m1/s1. The molecule has 4 aliphatic rings. The van der Waals surface area contributed by atoms with Crippen molar-refractivity contribution >= 4 is 29.3 Å². The van der Waals surface area contributed by atoms with Gasteiger partial charge in [-0.25, -0.2) is 8.78 Å². The number of carbonyl (C=O) groups is 3. The van der Waals surface area contributed by atoms with Gasteiger partial charge >= 0.3 is 0 Å². The maximum absolute atomic E-state index is 14.8. The van der Waals surface area contributed by atoms with Crippen molar-refractivity contribution in [3.05, 3.63) is 34.9 Å². The van der Waals surface area contributed by atoms with E-state index in [0.717, 1.165) is 4.90 Å². The van der Waals surface area contributed by atoms with Gasteiger partial charge in [-0.05, 0) is 43.4 Å². The van der Waals surface area contributed by atoms with Crippen LogP contribution in [0.25, 0.3) is 0 Å². The number of nitrogens with one attached hydrogen (secondary N) is 2. The summed E-state index contributed by atoms with van der Waals surface area (Å²) in [5.74, 6) is -7.05. The van der Waals surface area contributed by atoms with Crippen LogP contribution in [-0.4, -0.2) is 58.3 Å². The van der Waals surface area contributed by atoms with Crippen LogP contribution in [-0.2, 0) is 14.4 Å². The second-order valence-electron chi connectivity index (χ2n) is 9.15. The Morgan fingerprint density at radius 2 is 2.12 bits per heavy atom. The van der Waals surface area contributed by atoms with E-state index in [1.807, 2.05) is 6.07 Å². The Balaban J connectivity index is 1.58. The van der Waals surface area contributed by atoms with Gasteiger partial charge < -0.3 is 20.6 Å². The number of carbonyl (C=O) groups excluding carboxylic acids is 3. The minimum absolute atomic E-state index is 0.0368. The van der Waals surface area contributed by atoms with E-state index < -0.39 is 60.2 Å². The molecule has 182 valence electrons. The van der Waals surface area contributed by atoms with E-state index in [0.29, 0.717) is 13.0 Å². The van der Waals surface area contributed by atoms with Crippen molar-refractivity contribution in [3.8, 4) is 6.07 Å². The molecule has 3 aliphatic heterocycles. The first-order valence-corrected chi connectivity index (χ1v) is 11.6. The van der Waals surface area contributed by atoms with Gasteiger partial charge in [0.1, 0.15) is 12.1 Å². The minimum Gasteiger partial charge on any atom is -0.378 e. The van der Waals surface area contributed by atoms with E-state index in [4.69, 9.17) is 11.6 Å². The highest BCUT2D eigenvalue weighted by Gasteiger charge is 2.61. The van der Waals surface area contributed by atoms with Crippen molar-refractivity contribution in [2.75, 3.05) is 6.54 Å². The zero-order valence-corrected chi connectivity index (χ0v) is 19.0. The number of hydrogen-bond acceptors (Lipinski definition) is 5. The number of nitriles is 1. The van der Waals surface area contributed by atoms with Crippen LogP contribution >= 0.6 is 11.6 Å². The van der Waals surface area contributed by atoms with Gasteiger partial charge in [0.2, 0.25) is 11.8 Å². The van der Waals surface area contributed by atoms with Crippen LogP contribution in [0, 0.1) is 23.2 Å². The number of rotatable bonds is 6. The fraction of sp³-hybridized carbons (Fsp3) is 0.565. The lowest BCUT2D eigenvalue weighted by Gasteiger charge is -2.54. The van der Waals surface area contributed by atoms with E-state index in [1.54, 1.807) is 12.1 Å². The van der Waals surface area contributed by atoms with Crippen LogP contribution in [0.3, 0.4) is 0 Å². The van der Waals surface area contributed by atoms with Crippen molar-refractivity contribution in [3.63, 3.8) is 0 Å². The zero-order chi connectivity index (χ0) is 24.6.